The zero-order valence-corrected chi connectivity index (χ0v) is 12.4. The highest BCUT2D eigenvalue weighted by Crippen LogP contribution is 2.42. The Balaban J connectivity index is 2.81. The van der Waals surface area contributed by atoms with Gasteiger partial charge in [-0.15, -0.1) is 5.11 Å². The van der Waals surface area contributed by atoms with Crippen molar-refractivity contribution in [3.05, 3.63) is 21.1 Å². The third-order valence-corrected chi connectivity index (χ3v) is 3.46. The predicted molar refractivity (Wildman–Crippen MR) is 74.1 cm³/mol. The van der Waals surface area contributed by atoms with Gasteiger partial charge in [0.15, 0.2) is 5.69 Å². The van der Waals surface area contributed by atoms with E-state index in [0.717, 1.165) is 14.5 Å². The third kappa shape index (κ3) is 2.13. The van der Waals surface area contributed by atoms with Gasteiger partial charge >= 0.3 is 6.03 Å². The maximum absolute atomic E-state index is 10.6. The Morgan fingerprint density at radius 3 is 2.72 bits per heavy atom. The van der Waals surface area contributed by atoms with Gasteiger partial charge < -0.3 is 15.4 Å². The average Bonchev–Trinajstić information content (AvgIpc) is 2.49. The van der Waals surface area contributed by atoms with E-state index in [9.17, 15) is 9.90 Å². The third-order valence-electron chi connectivity index (χ3n) is 2.40. The van der Waals surface area contributed by atoms with E-state index in [-0.39, 0.29) is 11.6 Å². The standard InChI is InChI=1S/C10H8Br2N4O2/c1-16-8-5(2-4(11)3-6(8)12)7(9(16)17)14-15-10(13)18/h2-3,17H,1H3,(H2,13,18). The number of azo groups is 1. The number of aromatic hydroxyl groups is 1. The summed E-state index contributed by atoms with van der Waals surface area (Å²) in [6.07, 6.45) is 0. The maximum Gasteiger partial charge on any atom is 0.356 e. The van der Waals surface area contributed by atoms with Gasteiger partial charge in [-0.3, -0.25) is 0 Å². The highest BCUT2D eigenvalue weighted by molar-refractivity contribution is 9.11. The van der Waals surface area contributed by atoms with Crippen LogP contribution in [-0.2, 0) is 7.05 Å². The van der Waals surface area contributed by atoms with Gasteiger partial charge in [0.25, 0.3) is 0 Å². The topological polar surface area (TPSA) is 93.0 Å². The molecule has 0 bridgehead atoms. The fourth-order valence-corrected chi connectivity index (χ4v) is 3.16. The highest BCUT2D eigenvalue weighted by Gasteiger charge is 2.17. The molecule has 0 aliphatic rings. The van der Waals surface area contributed by atoms with Crippen LogP contribution < -0.4 is 5.73 Å². The number of hydrogen-bond acceptors (Lipinski definition) is 3. The number of carbonyl (C=O) groups is 1. The van der Waals surface area contributed by atoms with Crippen LogP contribution in [0.5, 0.6) is 5.88 Å². The number of benzene rings is 1. The van der Waals surface area contributed by atoms with Crippen LogP contribution in [-0.4, -0.2) is 15.7 Å². The molecule has 0 fully saturated rings. The Kier molecular flexibility index (Phi) is 3.40. The molecule has 1 aromatic heterocycles. The smallest absolute Gasteiger partial charge is 0.356 e. The van der Waals surface area contributed by atoms with Gasteiger partial charge in [-0.05, 0) is 28.1 Å². The van der Waals surface area contributed by atoms with E-state index in [4.69, 9.17) is 5.73 Å². The van der Waals surface area contributed by atoms with Crippen LogP contribution in [0.4, 0.5) is 10.5 Å². The lowest BCUT2D eigenvalue weighted by atomic mass is 10.2. The zero-order valence-electron chi connectivity index (χ0n) is 9.19. The minimum atomic E-state index is -0.916. The van der Waals surface area contributed by atoms with Crippen LogP contribution >= 0.6 is 31.9 Å². The first kappa shape index (κ1) is 13.0. The molecule has 0 saturated carbocycles. The number of primary amides is 1. The summed E-state index contributed by atoms with van der Waals surface area (Å²) in [7, 11) is 1.68. The van der Waals surface area contributed by atoms with Gasteiger partial charge in [0.2, 0.25) is 5.88 Å². The molecule has 2 amide bonds. The molecule has 2 rings (SSSR count). The van der Waals surface area contributed by atoms with Crippen molar-refractivity contribution in [1.29, 1.82) is 0 Å². The van der Waals surface area contributed by atoms with Crippen molar-refractivity contribution in [2.75, 3.05) is 0 Å². The van der Waals surface area contributed by atoms with Crippen LogP contribution in [0.3, 0.4) is 0 Å². The Morgan fingerprint density at radius 1 is 1.44 bits per heavy atom. The molecule has 0 unspecified atom stereocenters. The van der Waals surface area contributed by atoms with Gasteiger partial charge in [0.05, 0.1) is 5.52 Å². The molecule has 0 aliphatic carbocycles. The van der Waals surface area contributed by atoms with E-state index in [1.165, 1.54) is 0 Å². The molecule has 0 saturated heterocycles. The van der Waals surface area contributed by atoms with Gasteiger partial charge in [-0.25, -0.2) is 4.79 Å². The van der Waals surface area contributed by atoms with Gasteiger partial charge in [-0.2, -0.15) is 0 Å². The summed E-state index contributed by atoms with van der Waals surface area (Å²) < 4.78 is 3.13. The normalized spacial score (nSPS) is 11.5. The van der Waals surface area contributed by atoms with E-state index in [1.54, 1.807) is 17.7 Å². The summed E-state index contributed by atoms with van der Waals surface area (Å²) in [6, 6.07) is 2.70. The minimum Gasteiger partial charge on any atom is -0.493 e. The maximum atomic E-state index is 10.6. The molecule has 1 aromatic carbocycles. The number of urea groups is 1. The lowest BCUT2D eigenvalue weighted by Crippen LogP contribution is -2.01. The quantitative estimate of drug-likeness (QED) is 0.745. The summed E-state index contributed by atoms with van der Waals surface area (Å²) in [4.78, 5) is 10.6. The number of fused-ring (bicyclic) bond motifs is 1. The Hall–Kier alpha value is -1.41. The summed E-state index contributed by atoms with van der Waals surface area (Å²) in [6.45, 7) is 0. The van der Waals surface area contributed by atoms with Crippen molar-refractivity contribution in [1.82, 2.24) is 4.57 Å². The molecule has 3 N–H and O–H groups in total. The molecule has 0 atom stereocenters. The van der Waals surface area contributed by atoms with Crippen LogP contribution in [0, 0.1) is 0 Å². The van der Waals surface area contributed by atoms with E-state index in [1.807, 2.05) is 6.07 Å². The van der Waals surface area contributed by atoms with Crippen molar-refractivity contribution in [2.45, 2.75) is 0 Å². The predicted octanol–water partition coefficient (Wildman–Crippen LogP) is 3.57. The highest BCUT2D eigenvalue weighted by atomic mass is 79.9. The van der Waals surface area contributed by atoms with E-state index in [2.05, 4.69) is 42.1 Å². The van der Waals surface area contributed by atoms with Crippen molar-refractivity contribution < 1.29 is 9.90 Å². The van der Waals surface area contributed by atoms with E-state index in [0.29, 0.717) is 5.39 Å². The van der Waals surface area contributed by atoms with Crippen LogP contribution in [0.25, 0.3) is 10.9 Å². The van der Waals surface area contributed by atoms with E-state index < -0.39 is 6.03 Å². The second-order valence-corrected chi connectivity index (χ2v) is 5.32. The molecular weight excluding hydrogens is 368 g/mol. The number of nitrogens with two attached hydrogens (primary N) is 1. The summed E-state index contributed by atoms with van der Waals surface area (Å²) in [5, 5.41) is 17.5. The lowest BCUT2D eigenvalue weighted by Gasteiger charge is -2.00. The number of carbonyl (C=O) groups excluding carboxylic acids is 1. The van der Waals surface area contributed by atoms with Crippen LogP contribution in [0.15, 0.2) is 31.3 Å². The SMILES string of the molecule is Cn1c(O)c(N=NC(N)=O)c2cc(Br)cc(Br)c21. The lowest BCUT2D eigenvalue weighted by molar-refractivity contribution is 0.255. The largest absolute Gasteiger partial charge is 0.493 e. The van der Waals surface area contributed by atoms with Crippen molar-refractivity contribution in [2.24, 2.45) is 23.0 Å². The number of amides is 2. The first-order valence-corrected chi connectivity index (χ1v) is 6.38. The Morgan fingerprint density at radius 2 is 2.11 bits per heavy atom. The van der Waals surface area contributed by atoms with Gasteiger partial charge in [-0.1, -0.05) is 21.0 Å². The number of hydrogen-bond donors (Lipinski definition) is 2. The zero-order chi connectivity index (χ0) is 13.4. The van der Waals surface area contributed by atoms with Crippen molar-refractivity contribution in [3.8, 4) is 5.88 Å². The molecule has 18 heavy (non-hydrogen) atoms. The summed E-state index contributed by atoms with van der Waals surface area (Å²) in [5.41, 5.74) is 5.84. The van der Waals surface area contributed by atoms with Gasteiger partial charge in [0.1, 0.15) is 0 Å². The van der Waals surface area contributed by atoms with Crippen molar-refractivity contribution in [3.63, 3.8) is 0 Å². The van der Waals surface area contributed by atoms with Crippen molar-refractivity contribution >= 4 is 54.5 Å². The number of aromatic nitrogens is 1. The summed E-state index contributed by atoms with van der Waals surface area (Å²) in [5.74, 6) is -0.0891. The molecule has 94 valence electrons. The first-order valence-electron chi connectivity index (χ1n) is 4.79. The Bertz CT molecular complexity index is 678. The molecule has 1 heterocycles. The molecule has 8 heteroatoms. The number of aryl methyl sites for hydroxylation is 1. The number of halogens is 2. The fraction of sp³-hybridized carbons (Fsp3) is 0.100. The minimum absolute atomic E-state index is 0.0891. The molecule has 2 aromatic rings. The van der Waals surface area contributed by atoms with E-state index >= 15 is 0 Å². The molecule has 6 nitrogen and oxygen atoms in total. The van der Waals surface area contributed by atoms with Crippen LogP contribution in [0.2, 0.25) is 0 Å². The molecule has 0 spiro atoms. The van der Waals surface area contributed by atoms with Gasteiger partial charge in [0, 0.05) is 21.4 Å². The summed E-state index contributed by atoms with van der Waals surface area (Å²) >= 11 is 6.75. The second kappa shape index (κ2) is 4.69. The number of nitrogens with zero attached hydrogens (tertiary/aromatic N) is 3. The van der Waals surface area contributed by atoms with Crippen LogP contribution in [0.1, 0.15) is 0 Å². The average molecular weight is 376 g/mol. The molecular formula is C10H8Br2N4O2. The second-order valence-electron chi connectivity index (χ2n) is 3.55. The monoisotopic (exact) mass is 374 g/mol. The fourth-order valence-electron chi connectivity index (χ4n) is 1.67. The Labute approximate surface area is 119 Å². The first-order chi connectivity index (χ1) is 8.41. The number of rotatable bonds is 1. The molecule has 0 aliphatic heterocycles. The molecule has 0 radical (unpaired) electrons.